The summed E-state index contributed by atoms with van der Waals surface area (Å²) in [4.78, 5) is 20.6. The molecule has 0 aliphatic carbocycles. The zero-order chi connectivity index (χ0) is 12.1. The minimum Gasteiger partial charge on any atom is -0.289 e. The summed E-state index contributed by atoms with van der Waals surface area (Å²) in [5.74, 6) is -1.03. The highest BCUT2D eigenvalue weighted by atomic mass is 16.2. The van der Waals surface area contributed by atoms with Gasteiger partial charge in [0.2, 0.25) is 11.8 Å². The second-order valence-electron chi connectivity index (χ2n) is 2.97. The van der Waals surface area contributed by atoms with Crippen LogP contribution >= 0.6 is 0 Å². The van der Waals surface area contributed by atoms with Gasteiger partial charge < -0.3 is 0 Å². The third kappa shape index (κ3) is 15.4. The minimum atomic E-state index is -0.514. The second kappa shape index (κ2) is 12.6. The molecule has 0 heterocycles. The van der Waals surface area contributed by atoms with E-state index in [1.54, 1.807) is 0 Å². The molecule has 2 amide bonds. The normalized spacial score (nSPS) is 8.13. The van der Waals surface area contributed by atoms with E-state index >= 15 is 0 Å². The first-order chi connectivity index (χ1) is 7.12. The van der Waals surface area contributed by atoms with E-state index in [2.05, 4.69) is 27.0 Å². The summed E-state index contributed by atoms with van der Waals surface area (Å²) in [5, 5.41) is 1.97. The van der Waals surface area contributed by atoms with Gasteiger partial charge in [0, 0.05) is 0 Å². The predicted molar refractivity (Wildman–Crippen MR) is 63.4 cm³/mol. The van der Waals surface area contributed by atoms with Crippen LogP contribution in [0, 0.1) is 0 Å². The largest absolute Gasteiger partial charge is 0.289 e. The van der Waals surface area contributed by atoms with Crippen LogP contribution in [0.25, 0.3) is 0 Å². The van der Waals surface area contributed by atoms with Crippen LogP contribution in [0.1, 0.15) is 39.5 Å². The fourth-order valence-electron chi connectivity index (χ4n) is 0.723. The first-order valence-electron chi connectivity index (χ1n) is 5.22. The summed E-state index contributed by atoms with van der Waals surface area (Å²) in [5.41, 5.74) is 0. The van der Waals surface area contributed by atoms with E-state index < -0.39 is 11.8 Å². The summed E-state index contributed by atoms with van der Waals surface area (Å²) in [6.45, 7) is 10.8. The van der Waals surface area contributed by atoms with Crippen LogP contribution in [0.5, 0.6) is 0 Å². The summed E-state index contributed by atoms with van der Waals surface area (Å²) in [6, 6.07) is 0. The molecule has 15 heavy (non-hydrogen) atoms. The molecule has 0 bridgehead atoms. The first kappa shape index (κ1) is 16.1. The highest BCUT2D eigenvalue weighted by Gasteiger charge is 1.96. The monoisotopic (exact) mass is 211 g/mol. The van der Waals surface area contributed by atoms with Gasteiger partial charge in [0.15, 0.2) is 0 Å². The highest BCUT2D eigenvalue weighted by Crippen LogP contribution is 1.95. The number of hydrogen-bond donors (Lipinski definition) is 1. The van der Waals surface area contributed by atoms with Gasteiger partial charge in [-0.15, -0.1) is 0 Å². The molecule has 1 N–H and O–H groups in total. The fourth-order valence-corrected chi connectivity index (χ4v) is 0.723. The average Bonchev–Trinajstić information content (AvgIpc) is 2.26. The Kier molecular flexibility index (Phi) is 13.5. The van der Waals surface area contributed by atoms with Crippen molar-refractivity contribution >= 4 is 11.8 Å². The third-order valence-electron chi connectivity index (χ3n) is 1.57. The van der Waals surface area contributed by atoms with E-state index in [-0.39, 0.29) is 0 Å². The lowest BCUT2D eigenvalue weighted by Crippen LogP contribution is -2.26. The Morgan fingerprint density at radius 1 is 1.00 bits per heavy atom. The molecule has 0 unspecified atom stereocenters. The van der Waals surface area contributed by atoms with E-state index in [9.17, 15) is 9.59 Å². The number of carbonyl (C=O) groups is 2. The fraction of sp³-hybridized carbons (Fsp3) is 0.500. The van der Waals surface area contributed by atoms with E-state index in [0.29, 0.717) is 0 Å². The number of nitrogens with one attached hydrogen (secondary N) is 1. The number of hydrogen-bond acceptors (Lipinski definition) is 2. The molecule has 3 nitrogen and oxygen atoms in total. The quantitative estimate of drug-likeness (QED) is 0.561. The number of unbranched alkanes of at least 4 members (excludes halogenated alkanes) is 3. The summed E-state index contributed by atoms with van der Waals surface area (Å²) in [7, 11) is 0. The van der Waals surface area contributed by atoms with Crippen molar-refractivity contribution in [3.8, 4) is 0 Å². The minimum absolute atomic E-state index is 0.514. The van der Waals surface area contributed by atoms with E-state index in [4.69, 9.17) is 0 Å². The van der Waals surface area contributed by atoms with Crippen molar-refractivity contribution in [1.82, 2.24) is 5.32 Å². The van der Waals surface area contributed by atoms with E-state index in [1.165, 1.54) is 25.7 Å². The predicted octanol–water partition coefficient (Wildman–Crippen LogP) is 2.59. The SMILES string of the molecule is C=CC(=O)NC(=O)C=C.CCCCCC. The van der Waals surface area contributed by atoms with Crippen molar-refractivity contribution in [2.75, 3.05) is 0 Å². The molecule has 0 aliphatic heterocycles. The number of imide groups is 1. The summed E-state index contributed by atoms with van der Waals surface area (Å²) in [6.07, 6.45) is 7.57. The standard InChI is InChI=1S/C6H7NO2.C6H14/c1-3-5(8)7-6(9)4-2;1-3-5-6-4-2/h3-4H,1-2H2,(H,7,8,9);3-6H2,1-2H3. The molecule has 0 atom stereocenters. The number of rotatable bonds is 5. The van der Waals surface area contributed by atoms with Crippen LogP contribution in [0.4, 0.5) is 0 Å². The van der Waals surface area contributed by atoms with Gasteiger partial charge in [-0.1, -0.05) is 52.7 Å². The molecule has 0 aliphatic rings. The van der Waals surface area contributed by atoms with Gasteiger partial charge in [0.1, 0.15) is 0 Å². The molecule has 0 radical (unpaired) electrons. The van der Waals surface area contributed by atoms with E-state index in [0.717, 1.165) is 12.2 Å². The van der Waals surface area contributed by atoms with Gasteiger partial charge in [-0.05, 0) is 12.2 Å². The molecule has 0 rings (SSSR count). The van der Waals surface area contributed by atoms with Crippen molar-refractivity contribution in [3.63, 3.8) is 0 Å². The van der Waals surface area contributed by atoms with Crippen LogP contribution in [0.15, 0.2) is 25.3 Å². The molecule has 86 valence electrons. The zero-order valence-electron chi connectivity index (χ0n) is 9.71. The van der Waals surface area contributed by atoms with Crippen molar-refractivity contribution < 1.29 is 9.59 Å². The average molecular weight is 211 g/mol. The Hall–Kier alpha value is -1.38. The van der Waals surface area contributed by atoms with Gasteiger partial charge >= 0.3 is 0 Å². The van der Waals surface area contributed by atoms with Crippen LogP contribution in [0.3, 0.4) is 0 Å². The van der Waals surface area contributed by atoms with Crippen LogP contribution < -0.4 is 5.32 Å². The Bertz CT molecular complexity index is 188. The summed E-state index contributed by atoms with van der Waals surface area (Å²) >= 11 is 0. The highest BCUT2D eigenvalue weighted by molar-refractivity contribution is 6.04. The molecule has 0 aromatic rings. The molecule has 0 fully saturated rings. The maximum absolute atomic E-state index is 10.3. The number of carbonyl (C=O) groups excluding carboxylic acids is 2. The van der Waals surface area contributed by atoms with Crippen molar-refractivity contribution in [1.29, 1.82) is 0 Å². The van der Waals surface area contributed by atoms with Crippen LogP contribution in [-0.4, -0.2) is 11.8 Å². The second-order valence-corrected chi connectivity index (χ2v) is 2.97. The first-order valence-corrected chi connectivity index (χ1v) is 5.22. The lowest BCUT2D eigenvalue weighted by atomic mass is 10.2. The maximum atomic E-state index is 10.3. The molecule has 0 saturated heterocycles. The van der Waals surface area contributed by atoms with Crippen molar-refractivity contribution in [2.24, 2.45) is 0 Å². The topological polar surface area (TPSA) is 46.2 Å². The number of amides is 2. The lowest BCUT2D eigenvalue weighted by molar-refractivity contribution is -0.125. The van der Waals surface area contributed by atoms with Gasteiger partial charge in [0.05, 0.1) is 0 Å². The molecule has 0 spiro atoms. The zero-order valence-corrected chi connectivity index (χ0v) is 9.71. The Labute approximate surface area is 92.3 Å². The Balaban J connectivity index is 0. The Morgan fingerprint density at radius 2 is 1.33 bits per heavy atom. The lowest BCUT2D eigenvalue weighted by Gasteiger charge is -1.91. The van der Waals surface area contributed by atoms with Crippen molar-refractivity contribution in [3.05, 3.63) is 25.3 Å². The molecular formula is C12H21NO2. The molecule has 3 heteroatoms. The maximum Gasteiger partial charge on any atom is 0.250 e. The molecular weight excluding hydrogens is 190 g/mol. The summed E-state index contributed by atoms with van der Waals surface area (Å²) < 4.78 is 0. The van der Waals surface area contributed by atoms with Crippen LogP contribution in [0.2, 0.25) is 0 Å². The Morgan fingerprint density at radius 3 is 1.53 bits per heavy atom. The third-order valence-corrected chi connectivity index (χ3v) is 1.57. The van der Waals surface area contributed by atoms with E-state index in [1.807, 2.05) is 5.32 Å². The van der Waals surface area contributed by atoms with Crippen LogP contribution in [-0.2, 0) is 9.59 Å². The van der Waals surface area contributed by atoms with Gasteiger partial charge in [0.25, 0.3) is 0 Å². The van der Waals surface area contributed by atoms with Gasteiger partial charge in [-0.25, -0.2) is 0 Å². The van der Waals surface area contributed by atoms with Crippen molar-refractivity contribution in [2.45, 2.75) is 39.5 Å². The van der Waals surface area contributed by atoms with Gasteiger partial charge in [-0.2, -0.15) is 0 Å². The molecule has 0 aromatic heterocycles. The molecule has 0 saturated carbocycles. The smallest absolute Gasteiger partial charge is 0.250 e. The van der Waals surface area contributed by atoms with Gasteiger partial charge in [-0.3, -0.25) is 14.9 Å². The molecule has 0 aromatic carbocycles.